The molecule has 0 aliphatic heterocycles. The van der Waals surface area contributed by atoms with E-state index in [1.54, 1.807) is 11.3 Å². The van der Waals surface area contributed by atoms with Crippen molar-refractivity contribution in [2.45, 2.75) is 18.6 Å². The van der Waals surface area contributed by atoms with Crippen molar-refractivity contribution in [3.8, 4) is 0 Å². The Balaban J connectivity index is 1.76. The van der Waals surface area contributed by atoms with E-state index in [9.17, 15) is 9.59 Å². The number of carbonyl (C=O) groups excluding carboxylic acids is 2. The number of aromatic nitrogens is 3. The summed E-state index contributed by atoms with van der Waals surface area (Å²) in [5.74, 6) is 0.0386. The van der Waals surface area contributed by atoms with Gasteiger partial charge in [-0.15, -0.1) is 16.4 Å². The summed E-state index contributed by atoms with van der Waals surface area (Å²) >= 11 is 2.75. The molecule has 10 heteroatoms. The number of rotatable bonds is 8. The predicted molar refractivity (Wildman–Crippen MR) is 89.9 cm³/mol. The highest BCUT2D eigenvalue weighted by Gasteiger charge is 2.16. The second-order valence-corrected chi connectivity index (χ2v) is 6.53. The summed E-state index contributed by atoms with van der Waals surface area (Å²) < 4.78 is 0. The quantitative estimate of drug-likeness (QED) is 0.601. The van der Waals surface area contributed by atoms with Crippen LogP contribution in [0.25, 0.3) is 0 Å². The van der Waals surface area contributed by atoms with Gasteiger partial charge in [0.05, 0.1) is 18.8 Å². The molecule has 4 N–H and O–H groups in total. The standard InChI is InChI=1S/C13H18N6O2S2/c1-2-19(7-10(20)15-6-9-4-3-5-22-9)11(21)8-23-13-16-12(14)17-18-13/h3-5H,2,6-8H2,1H3,(H,15,20)(H3,14,16,17,18). The molecular formula is C13H18N6O2S2. The van der Waals surface area contributed by atoms with Crippen LogP contribution in [-0.2, 0) is 16.1 Å². The van der Waals surface area contributed by atoms with E-state index in [-0.39, 0.29) is 30.1 Å². The largest absolute Gasteiger partial charge is 0.368 e. The van der Waals surface area contributed by atoms with Crippen molar-refractivity contribution in [2.24, 2.45) is 0 Å². The van der Waals surface area contributed by atoms with Gasteiger partial charge in [-0.3, -0.25) is 9.59 Å². The number of thiophene rings is 1. The zero-order valence-corrected chi connectivity index (χ0v) is 14.2. The monoisotopic (exact) mass is 354 g/mol. The van der Waals surface area contributed by atoms with Gasteiger partial charge in [0.1, 0.15) is 0 Å². The minimum Gasteiger partial charge on any atom is -0.368 e. The molecule has 0 radical (unpaired) electrons. The highest BCUT2D eigenvalue weighted by atomic mass is 32.2. The summed E-state index contributed by atoms with van der Waals surface area (Å²) in [4.78, 5) is 30.6. The fourth-order valence-corrected chi connectivity index (χ4v) is 3.10. The molecule has 0 saturated heterocycles. The molecule has 0 unspecified atom stereocenters. The number of nitrogens with zero attached hydrogens (tertiary/aromatic N) is 3. The number of nitrogens with two attached hydrogens (primary N) is 1. The number of nitrogen functional groups attached to an aromatic ring is 1. The third kappa shape index (κ3) is 5.57. The van der Waals surface area contributed by atoms with Crippen LogP contribution in [0.3, 0.4) is 0 Å². The first-order valence-electron chi connectivity index (χ1n) is 6.96. The Kier molecular flexibility index (Phi) is 6.41. The van der Waals surface area contributed by atoms with Gasteiger partial charge in [0.2, 0.25) is 22.9 Å². The van der Waals surface area contributed by atoms with Gasteiger partial charge in [0.15, 0.2) is 0 Å². The summed E-state index contributed by atoms with van der Waals surface area (Å²) in [7, 11) is 0. The number of thioether (sulfide) groups is 1. The van der Waals surface area contributed by atoms with Crippen LogP contribution in [0.5, 0.6) is 0 Å². The molecule has 2 aromatic rings. The summed E-state index contributed by atoms with van der Waals surface area (Å²) in [6.07, 6.45) is 0. The summed E-state index contributed by atoms with van der Waals surface area (Å²) in [5.41, 5.74) is 5.42. The summed E-state index contributed by atoms with van der Waals surface area (Å²) in [5, 5.41) is 11.5. The Morgan fingerprint density at radius 1 is 1.52 bits per heavy atom. The second-order valence-electron chi connectivity index (χ2n) is 4.56. The van der Waals surface area contributed by atoms with Crippen LogP contribution < -0.4 is 11.1 Å². The van der Waals surface area contributed by atoms with E-state index in [0.717, 1.165) is 4.88 Å². The Labute approximate surface area is 141 Å². The lowest BCUT2D eigenvalue weighted by molar-refractivity contribution is -0.133. The Morgan fingerprint density at radius 2 is 2.35 bits per heavy atom. The Bertz CT molecular complexity index is 643. The van der Waals surface area contributed by atoms with E-state index in [2.05, 4.69) is 20.5 Å². The number of anilines is 1. The number of carbonyl (C=O) groups is 2. The van der Waals surface area contributed by atoms with Gasteiger partial charge in [-0.2, -0.15) is 4.98 Å². The number of hydrogen-bond donors (Lipinski definition) is 3. The Morgan fingerprint density at radius 3 is 2.96 bits per heavy atom. The van der Waals surface area contributed by atoms with Gasteiger partial charge >= 0.3 is 0 Å². The number of aromatic amines is 1. The molecule has 2 amide bonds. The zero-order chi connectivity index (χ0) is 16.7. The van der Waals surface area contributed by atoms with Crippen LogP contribution in [0.15, 0.2) is 22.7 Å². The first-order chi connectivity index (χ1) is 11.1. The second kappa shape index (κ2) is 8.53. The fraction of sp³-hybridized carbons (Fsp3) is 0.385. The highest BCUT2D eigenvalue weighted by molar-refractivity contribution is 7.99. The molecule has 2 rings (SSSR count). The van der Waals surface area contributed by atoms with Crippen LogP contribution in [0.2, 0.25) is 0 Å². The zero-order valence-electron chi connectivity index (χ0n) is 12.6. The molecule has 0 fully saturated rings. The number of likely N-dealkylation sites (N-methyl/N-ethyl adjacent to an activating group) is 1. The van der Waals surface area contributed by atoms with Gasteiger partial charge in [-0.25, -0.2) is 5.10 Å². The molecule has 23 heavy (non-hydrogen) atoms. The molecule has 124 valence electrons. The summed E-state index contributed by atoms with van der Waals surface area (Å²) in [6.45, 7) is 2.81. The minimum absolute atomic E-state index is 0.0391. The normalized spacial score (nSPS) is 10.5. The molecule has 0 atom stereocenters. The van der Waals surface area contributed by atoms with Gasteiger partial charge < -0.3 is 16.0 Å². The topological polar surface area (TPSA) is 117 Å². The molecule has 0 aliphatic rings. The van der Waals surface area contributed by atoms with Crippen molar-refractivity contribution in [3.63, 3.8) is 0 Å². The van der Waals surface area contributed by atoms with Crippen molar-refractivity contribution >= 4 is 40.9 Å². The number of amides is 2. The van der Waals surface area contributed by atoms with Crippen LogP contribution >= 0.6 is 23.1 Å². The number of hydrogen-bond acceptors (Lipinski definition) is 7. The number of H-pyrrole nitrogens is 1. The van der Waals surface area contributed by atoms with Crippen LogP contribution in [0.4, 0.5) is 5.95 Å². The van der Waals surface area contributed by atoms with Crippen molar-refractivity contribution in [1.29, 1.82) is 0 Å². The maximum atomic E-state index is 12.2. The molecule has 0 spiro atoms. The fourth-order valence-electron chi connectivity index (χ4n) is 1.74. The predicted octanol–water partition coefficient (Wildman–Crippen LogP) is 0.705. The molecular weight excluding hydrogens is 336 g/mol. The van der Waals surface area contributed by atoms with Gasteiger partial charge in [0.25, 0.3) is 0 Å². The van der Waals surface area contributed by atoms with Crippen molar-refractivity contribution < 1.29 is 9.59 Å². The maximum absolute atomic E-state index is 12.2. The van der Waals surface area contributed by atoms with E-state index in [1.165, 1.54) is 16.7 Å². The lowest BCUT2D eigenvalue weighted by atomic mass is 10.4. The molecule has 0 bridgehead atoms. The minimum atomic E-state index is -0.180. The Hall–Kier alpha value is -2.07. The third-order valence-corrected chi connectivity index (χ3v) is 4.62. The van der Waals surface area contributed by atoms with Crippen LogP contribution in [0.1, 0.15) is 11.8 Å². The highest BCUT2D eigenvalue weighted by Crippen LogP contribution is 2.13. The molecule has 0 saturated carbocycles. The lowest BCUT2D eigenvalue weighted by Gasteiger charge is -2.19. The van der Waals surface area contributed by atoms with E-state index in [1.807, 2.05) is 24.4 Å². The SMILES string of the molecule is CCN(CC(=O)NCc1cccs1)C(=O)CSc1n[nH]c(N)n1. The molecule has 8 nitrogen and oxygen atoms in total. The van der Waals surface area contributed by atoms with Crippen LogP contribution in [0, 0.1) is 0 Å². The smallest absolute Gasteiger partial charge is 0.239 e. The average Bonchev–Trinajstić information content (AvgIpc) is 3.19. The maximum Gasteiger partial charge on any atom is 0.239 e. The molecule has 2 aromatic heterocycles. The molecule has 0 aliphatic carbocycles. The van der Waals surface area contributed by atoms with Crippen LogP contribution in [-0.4, -0.2) is 50.7 Å². The van der Waals surface area contributed by atoms with Crippen molar-refractivity contribution in [1.82, 2.24) is 25.4 Å². The van der Waals surface area contributed by atoms with E-state index < -0.39 is 0 Å². The molecule has 0 aromatic carbocycles. The average molecular weight is 354 g/mol. The number of nitrogens with one attached hydrogen (secondary N) is 2. The molecule has 2 heterocycles. The summed E-state index contributed by atoms with van der Waals surface area (Å²) in [6, 6.07) is 3.88. The lowest BCUT2D eigenvalue weighted by Crippen LogP contribution is -2.41. The first-order valence-corrected chi connectivity index (χ1v) is 8.82. The van der Waals surface area contributed by atoms with Gasteiger partial charge in [-0.1, -0.05) is 17.8 Å². The third-order valence-electron chi connectivity index (χ3n) is 2.92. The first kappa shape index (κ1) is 17.3. The van der Waals surface area contributed by atoms with E-state index in [4.69, 9.17) is 5.73 Å². The van der Waals surface area contributed by atoms with Gasteiger partial charge in [0, 0.05) is 11.4 Å². The van der Waals surface area contributed by atoms with E-state index in [0.29, 0.717) is 18.2 Å². The van der Waals surface area contributed by atoms with Crippen molar-refractivity contribution in [2.75, 3.05) is 24.6 Å². The van der Waals surface area contributed by atoms with E-state index >= 15 is 0 Å². The van der Waals surface area contributed by atoms with Crippen molar-refractivity contribution in [3.05, 3.63) is 22.4 Å². The van der Waals surface area contributed by atoms with Gasteiger partial charge in [-0.05, 0) is 18.4 Å².